The van der Waals surface area contributed by atoms with E-state index in [9.17, 15) is 0 Å². The molecule has 0 aromatic carbocycles. The monoisotopic (exact) mass is 149 g/mol. The summed E-state index contributed by atoms with van der Waals surface area (Å²) in [5.74, 6) is 0. The van der Waals surface area contributed by atoms with Crippen LogP contribution in [0.15, 0.2) is 0 Å². The van der Waals surface area contributed by atoms with E-state index in [1.165, 1.54) is 0 Å². The maximum Gasteiger partial charge on any atom is 0.0915 e. The molecule has 0 atom stereocenters. The van der Waals surface area contributed by atoms with Crippen LogP contribution in [0.3, 0.4) is 0 Å². The fourth-order valence-electron chi connectivity index (χ4n) is 0.447. The highest BCUT2D eigenvalue weighted by atomic mass is 16.7. The second kappa shape index (κ2) is 8.84. The number of hydroxylamine groups is 1. The first kappa shape index (κ1) is 9.84. The highest BCUT2D eigenvalue weighted by Gasteiger charge is 1.86. The number of methoxy groups -OCH3 is 1. The molecule has 4 heteroatoms. The largest absolute Gasteiger partial charge is 0.382 e. The van der Waals surface area contributed by atoms with Crippen molar-refractivity contribution in [2.75, 3.05) is 40.6 Å². The van der Waals surface area contributed by atoms with Gasteiger partial charge in [-0.15, -0.1) is 0 Å². The van der Waals surface area contributed by atoms with Crippen LogP contribution in [0.1, 0.15) is 0 Å². The molecule has 0 aromatic rings. The third kappa shape index (κ3) is 7.84. The van der Waals surface area contributed by atoms with E-state index in [-0.39, 0.29) is 0 Å². The van der Waals surface area contributed by atoms with Gasteiger partial charge in [-0.2, -0.15) is 0 Å². The first-order valence-corrected chi connectivity index (χ1v) is 3.27. The van der Waals surface area contributed by atoms with Crippen molar-refractivity contribution >= 4 is 0 Å². The lowest BCUT2D eigenvalue weighted by Gasteiger charge is -2.02. The van der Waals surface area contributed by atoms with Gasteiger partial charge in [-0.1, -0.05) is 0 Å². The van der Waals surface area contributed by atoms with E-state index in [1.54, 1.807) is 14.2 Å². The molecule has 1 N–H and O–H groups in total. The molecule has 0 aliphatic heterocycles. The molecule has 0 saturated carbocycles. The molecule has 4 nitrogen and oxygen atoms in total. The standard InChI is InChI=1S/C6H15NO3/c1-7-10-6-5-9-4-3-8-2/h7H,3-6H2,1-2H3. The minimum Gasteiger partial charge on any atom is -0.382 e. The summed E-state index contributed by atoms with van der Waals surface area (Å²) in [6.45, 7) is 2.44. The van der Waals surface area contributed by atoms with E-state index in [2.05, 4.69) is 5.48 Å². The minimum atomic E-state index is 0.570. The molecule has 0 unspecified atom stereocenters. The van der Waals surface area contributed by atoms with E-state index in [0.717, 1.165) is 0 Å². The molecule has 62 valence electrons. The zero-order valence-corrected chi connectivity index (χ0v) is 6.55. The first-order chi connectivity index (χ1) is 4.91. The smallest absolute Gasteiger partial charge is 0.0915 e. The third-order valence-electron chi connectivity index (χ3n) is 0.906. The molecule has 0 aliphatic rings. The Morgan fingerprint density at radius 3 is 2.40 bits per heavy atom. The maximum atomic E-state index is 5.09. The second-order valence-electron chi connectivity index (χ2n) is 1.66. The SMILES string of the molecule is CNOCCOCCOC. The van der Waals surface area contributed by atoms with E-state index >= 15 is 0 Å². The number of rotatable bonds is 7. The zero-order valence-electron chi connectivity index (χ0n) is 6.55. The Kier molecular flexibility index (Phi) is 8.70. The highest BCUT2D eigenvalue weighted by molar-refractivity contribution is 4.28. The molecule has 0 amide bonds. The summed E-state index contributed by atoms with van der Waals surface area (Å²) in [4.78, 5) is 4.80. The molecule has 0 saturated heterocycles. The van der Waals surface area contributed by atoms with Crippen LogP contribution in [0.4, 0.5) is 0 Å². The summed E-state index contributed by atoms with van der Waals surface area (Å²) in [5, 5.41) is 0. The van der Waals surface area contributed by atoms with Crippen LogP contribution in [0.25, 0.3) is 0 Å². The van der Waals surface area contributed by atoms with Crippen LogP contribution in [-0.4, -0.2) is 40.6 Å². The van der Waals surface area contributed by atoms with Gasteiger partial charge < -0.3 is 9.47 Å². The summed E-state index contributed by atoms with van der Waals surface area (Å²) in [7, 11) is 3.36. The Labute approximate surface area is 61.4 Å². The van der Waals surface area contributed by atoms with Crippen molar-refractivity contribution in [1.82, 2.24) is 5.48 Å². The average molecular weight is 149 g/mol. The summed E-state index contributed by atoms with van der Waals surface area (Å²) in [6.07, 6.45) is 0. The number of hydrogen-bond donors (Lipinski definition) is 1. The van der Waals surface area contributed by atoms with Crippen LogP contribution in [-0.2, 0) is 14.3 Å². The van der Waals surface area contributed by atoms with Crippen molar-refractivity contribution in [3.8, 4) is 0 Å². The molecular formula is C6H15NO3. The summed E-state index contributed by atoms with van der Waals surface area (Å²) in [5.41, 5.74) is 2.55. The second-order valence-corrected chi connectivity index (χ2v) is 1.66. The molecule has 0 heterocycles. The molecule has 0 fully saturated rings. The predicted octanol–water partition coefficient (Wildman–Crippen LogP) is -0.200. The molecule has 0 aromatic heterocycles. The summed E-state index contributed by atoms with van der Waals surface area (Å²) in [6, 6.07) is 0. The Balaban J connectivity index is 2.65. The van der Waals surface area contributed by atoms with Crippen LogP contribution < -0.4 is 5.48 Å². The van der Waals surface area contributed by atoms with Crippen LogP contribution in [0.5, 0.6) is 0 Å². The molecule has 0 radical (unpaired) electrons. The fraction of sp³-hybridized carbons (Fsp3) is 1.00. The van der Waals surface area contributed by atoms with Crippen molar-refractivity contribution in [2.45, 2.75) is 0 Å². The highest BCUT2D eigenvalue weighted by Crippen LogP contribution is 1.75. The molecular weight excluding hydrogens is 134 g/mol. The maximum absolute atomic E-state index is 5.09. The van der Waals surface area contributed by atoms with Gasteiger partial charge in [-0.3, -0.25) is 4.84 Å². The number of ether oxygens (including phenoxy) is 2. The topological polar surface area (TPSA) is 39.7 Å². The normalized spacial score (nSPS) is 10.2. The summed E-state index contributed by atoms with van der Waals surface area (Å²) >= 11 is 0. The Morgan fingerprint density at radius 2 is 1.80 bits per heavy atom. The van der Waals surface area contributed by atoms with Crippen molar-refractivity contribution in [3.05, 3.63) is 0 Å². The van der Waals surface area contributed by atoms with Crippen molar-refractivity contribution in [2.24, 2.45) is 0 Å². The lowest BCUT2D eigenvalue weighted by molar-refractivity contribution is -0.00591. The Morgan fingerprint density at radius 1 is 1.10 bits per heavy atom. The fourth-order valence-corrected chi connectivity index (χ4v) is 0.447. The van der Waals surface area contributed by atoms with Crippen molar-refractivity contribution in [3.63, 3.8) is 0 Å². The number of nitrogens with one attached hydrogen (secondary N) is 1. The van der Waals surface area contributed by atoms with Gasteiger partial charge in [0.1, 0.15) is 0 Å². The molecule has 0 aliphatic carbocycles. The van der Waals surface area contributed by atoms with Gasteiger partial charge in [0.2, 0.25) is 0 Å². The van der Waals surface area contributed by atoms with E-state index in [1.807, 2.05) is 0 Å². The van der Waals surface area contributed by atoms with E-state index < -0.39 is 0 Å². The van der Waals surface area contributed by atoms with Crippen LogP contribution >= 0.6 is 0 Å². The molecule has 0 spiro atoms. The van der Waals surface area contributed by atoms with Gasteiger partial charge in [0, 0.05) is 14.2 Å². The Hall–Kier alpha value is -0.160. The molecule has 0 bridgehead atoms. The zero-order chi connectivity index (χ0) is 7.66. The minimum absolute atomic E-state index is 0.570. The van der Waals surface area contributed by atoms with E-state index in [4.69, 9.17) is 14.3 Å². The van der Waals surface area contributed by atoms with Crippen molar-refractivity contribution < 1.29 is 14.3 Å². The lowest BCUT2D eigenvalue weighted by atomic mass is 10.7. The first-order valence-electron chi connectivity index (χ1n) is 3.27. The van der Waals surface area contributed by atoms with Gasteiger partial charge >= 0.3 is 0 Å². The van der Waals surface area contributed by atoms with E-state index in [0.29, 0.717) is 26.4 Å². The molecule has 10 heavy (non-hydrogen) atoms. The van der Waals surface area contributed by atoms with Gasteiger partial charge in [0.15, 0.2) is 0 Å². The number of hydrogen-bond acceptors (Lipinski definition) is 4. The van der Waals surface area contributed by atoms with Crippen molar-refractivity contribution in [1.29, 1.82) is 0 Å². The average Bonchev–Trinajstić information content (AvgIpc) is 1.97. The molecule has 0 rings (SSSR count). The van der Waals surface area contributed by atoms with Gasteiger partial charge in [-0.05, 0) is 0 Å². The predicted molar refractivity (Wildman–Crippen MR) is 37.7 cm³/mol. The third-order valence-corrected chi connectivity index (χ3v) is 0.906. The quantitative estimate of drug-likeness (QED) is 0.402. The van der Waals surface area contributed by atoms with Crippen LogP contribution in [0.2, 0.25) is 0 Å². The lowest BCUT2D eigenvalue weighted by Crippen LogP contribution is -2.14. The van der Waals surface area contributed by atoms with Gasteiger partial charge in [-0.25, -0.2) is 5.48 Å². The van der Waals surface area contributed by atoms with Crippen LogP contribution in [0, 0.1) is 0 Å². The Bertz CT molecular complexity index is 53.0. The summed E-state index contributed by atoms with van der Waals surface area (Å²) < 4.78 is 9.85. The van der Waals surface area contributed by atoms with Gasteiger partial charge in [0.25, 0.3) is 0 Å². The van der Waals surface area contributed by atoms with Gasteiger partial charge in [0.05, 0.1) is 26.4 Å².